The third-order valence-corrected chi connectivity index (χ3v) is 4.53. The monoisotopic (exact) mass is 290 g/mol. The molecule has 1 saturated carbocycles. The minimum Gasteiger partial charge on any atom is -0.396 e. The van der Waals surface area contributed by atoms with Crippen LogP contribution in [-0.4, -0.2) is 29.8 Å². The van der Waals surface area contributed by atoms with Gasteiger partial charge >= 0.3 is 6.03 Å². The molecule has 3 N–H and O–H groups in total. The largest absolute Gasteiger partial charge is 0.396 e. The van der Waals surface area contributed by atoms with Crippen LogP contribution in [0.5, 0.6) is 0 Å². The van der Waals surface area contributed by atoms with Crippen LogP contribution in [-0.2, 0) is 0 Å². The molecule has 3 atom stereocenters. The third kappa shape index (κ3) is 4.46. The topological polar surface area (TPSA) is 61.4 Å². The van der Waals surface area contributed by atoms with Crippen LogP contribution in [0.4, 0.5) is 4.79 Å². The molecular weight excluding hydrogens is 264 g/mol. The molecule has 0 aromatic heterocycles. The molecule has 0 spiro atoms. The highest BCUT2D eigenvalue weighted by molar-refractivity contribution is 5.74. The van der Waals surface area contributed by atoms with E-state index in [0.717, 1.165) is 12.8 Å². The zero-order valence-corrected chi connectivity index (χ0v) is 12.9. The van der Waals surface area contributed by atoms with E-state index in [2.05, 4.69) is 34.9 Å². The number of benzene rings is 1. The van der Waals surface area contributed by atoms with Crippen LogP contribution in [0.2, 0.25) is 0 Å². The molecule has 1 aliphatic rings. The van der Waals surface area contributed by atoms with Crippen molar-refractivity contribution in [1.29, 1.82) is 0 Å². The van der Waals surface area contributed by atoms with Gasteiger partial charge in [0.15, 0.2) is 0 Å². The van der Waals surface area contributed by atoms with Gasteiger partial charge < -0.3 is 15.7 Å². The number of hydrogen-bond donors (Lipinski definition) is 3. The van der Waals surface area contributed by atoms with Crippen molar-refractivity contribution in [3.05, 3.63) is 35.9 Å². The number of aliphatic hydroxyl groups excluding tert-OH is 1. The quantitative estimate of drug-likeness (QED) is 0.723. The van der Waals surface area contributed by atoms with E-state index in [-0.39, 0.29) is 18.2 Å². The first-order valence-electron chi connectivity index (χ1n) is 7.80. The van der Waals surface area contributed by atoms with Gasteiger partial charge in [-0.25, -0.2) is 4.79 Å². The Morgan fingerprint density at radius 1 is 1.38 bits per heavy atom. The van der Waals surface area contributed by atoms with E-state index in [0.29, 0.717) is 24.8 Å². The first-order chi connectivity index (χ1) is 10.1. The van der Waals surface area contributed by atoms with Crippen LogP contribution < -0.4 is 10.6 Å². The van der Waals surface area contributed by atoms with Crippen LogP contribution >= 0.6 is 0 Å². The Morgan fingerprint density at radius 3 is 2.71 bits per heavy atom. The molecular formula is C17H26N2O2. The summed E-state index contributed by atoms with van der Waals surface area (Å²) in [5.41, 5.74) is 1.03. The van der Waals surface area contributed by atoms with Gasteiger partial charge in [0.2, 0.25) is 0 Å². The van der Waals surface area contributed by atoms with Crippen molar-refractivity contribution < 1.29 is 9.90 Å². The number of carbonyl (C=O) groups is 1. The van der Waals surface area contributed by atoms with Crippen molar-refractivity contribution in [2.45, 2.75) is 44.6 Å². The van der Waals surface area contributed by atoms with Gasteiger partial charge in [-0.05, 0) is 43.6 Å². The lowest BCUT2D eigenvalue weighted by Crippen LogP contribution is -2.50. The highest BCUT2D eigenvalue weighted by Crippen LogP contribution is 2.46. The van der Waals surface area contributed by atoms with Crippen LogP contribution in [0.1, 0.15) is 44.6 Å². The van der Waals surface area contributed by atoms with E-state index in [9.17, 15) is 4.79 Å². The van der Waals surface area contributed by atoms with Gasteiger partial charge in [0.25, 0.3) is 0 Å². The van der Waals surface area contributed by atoms with Crippen molar-refractivity contribution in [2.24, 2.45) is 5.92 Å². The summed E-state index contributed by atoms with van der Waals surface area (Å²) in [5, 5.41) is 15.0. The van der Waals surface area contributed by atoms with Gasteiger partial charge in [0.1, 0.15) is 0 Å². The maximum Gasteiger partial charge on any atom is 0.315 e. The summed E-state index contributed by atoms with van der Waals surface area (Å²) < 4.78 is 0. The second kappa shape index (κ2) is 6.94. The van der Waals surface area contributed by atoms with Crippen molar-refractivity contribution in [3.8, 4) is 0 Å². The van der Waals surface area contributed by atoms with Crippen molar-refractivity contribution in [3.63, 3.8) is 0 Å². The molecule has 0 aliphatic heterocycles. The first-order valence-corrected chi connectivity index (χ1v) is 7.80. The molecule has 21 heavy (non-hydrogen) atoms. The minimum atomic E-state index is -0.332. The van der Waals surface area contributed by atoms with E-state index in [4.69, 9.17) is 5.11 Å². The SMILES string of the molecule is CCC(C)(CCO)NC(=O)NCC1CC1c1ccccc1. The molecule has 1 aromatic rings. The van der Waals surface area contributed by atoms with Crippen LogP contribution in [0, 0.1) is 5.92 Å². The molecule has 2 rings (SSSR count). The summed E-state index contributed by atoms with van der Waals surface area (Å²) in [6, 6.07) is 10.3. The zero-order valence-electron chi connectivity index (χ0n) is 12.9. The number of carbonyl (C=O) groups excluding carboxylic acids is 1. The fourth-order valence-electron chi connectivity index (χ4n) is 2.70. The minimum absolute atomic E-state index is 0.0866. The third-order valence-electron chi connectivity index (χ3n) is 4.53. The number of hydrogen-bond acceptors (Lipinski definition) is 2. The molecule has 1 fully saturated rings. The Bertz CT molecular complexity index is 463. The van der Waals surface area contributed by atoms with Crippen molar-refractivity contribution in [1.82, 2.24) is 10.6 Å². The molecule has 1 aliphatic carbocycles. The van der Waals surface area contributed by atoms with Gasteiger partial charge in [-0.3, -0.25) is 0 Å². The van der Waals surface area contributed by atoms with Crippen LogP contribution in [0.25, 0.3) is 0 Å². The normalized spacial score (nSPS) is 23.2. The standard InChI is InChI=1S/C17H26N2O2/c1-3-17(2,9-10-20)19-16(21)18-12-14-11-15(14)13-7-5-4-6-8-13/h4-8,14-15,20H,3,9-12H2,1-2H3,(H2,18,19,21). The van der Waals surface area contributed by atoms with Crippen molar-refractivity contribution >= 4 is 6.03 Å². The Hall–Kier alpha value is -1.55. The van der Waals surface area contributed by atoms with Crippen molar-refractivity contribution in [2.75, 3.05) is 13.2 Å². The number of amides is 2. The Balaban J connectivity index is 1.73. The summed E-state index contributed by atoms with van der Waals surface area (Å²) >= 11 is 0. The second-order valence-corrected chi connectivity index (χ2v) is 6.24. The summed E-state index contributed by atoms with van der Waals surface area (Å²) in [6.45, 7) is 4.78. The fourth-order valence-corrected chi connectivity index (χ4v) is 2.70. The highest BCUT2D eigenvalue weighted by atomic mass is 16.3. The number of rotatable bonds is 7. The maximum absolute atomic E-state index is 12.0. The first kappa shape index (κ1) is 15.8. The lowest BCUT2D eigenvalue weighted by atomic mass is 9.95. The number of nitrogens with one attached hydrogen (secondary N) is 2. The predicted octanol–water partition coefficient (Wildman–Crippen LogP) is 2.64. The molecule has 0 bridgehead atoms. The molecule has 116 valence electrons. The van der Waals surface area contributed by atoms with E-state index >= 15 is 0 Å². The fraction of sp³-hybridized carbons (Fsp3) is 0.588. The predicted molar refractivity (Wildman–Crippen MR) is 84.2 cm³/mol. The van der Waals surface area contributed by atoms with Crippen LogP contribution in [0.3, 0.4) is 0 Å². The average molecular weight is 290 g/mol. The summed E-state index contributed by atoms with van der Waals surface area (Å²) in [6.07, 6.45) is 2.52. The molecule has 0 heterocycles. The van der Waals surface area contributed by atoms with E-state index in [1.54, 1.807) is 0 Å². The van der Waals surface area contributed by atoms with Crippen LogP contribution in [0.15, 0.2) is 30.3 Å². The Kier molecular flexibility index (Phi) is 5.23. The van der Waals surface area contributed by atoms with Gasteiger partial charge in [-0.15, -0.1) is 0 Å². The van der Waals surface area contributed by atoms with Gasteiger partial charge in [0, 0.05) is 18.7 Å². The van der Waals surface area contributed by atoms with Gasteiger partial charge in [-0.1, -0.05) is 37.3 Å². The van der Waals surface area contributed by atoms with Gasteiger partial charge in [0.05, 0.1) is 0 Å². The van der Waals surface area contributed by atoms with E-state index in [1.165, 1.54) is 5.56 Å². The molecule has 2 amide bonds. The summed E-state index contributed by atoms with van der Waals surface area (Å²) in [7, 11) is 0. The maximum atomic E-state index is 12.0. The second-order valence-electron chi connectivity index (χ2n) is 6.24. The Labute approximate surface area is 126 Å². The van der Waals surface area contributed by atoms with E-state index in [1.807, 2.05) is 19.9 Å². The lowest BCUT2D eigenvalue weighted by Gasteiger charge is -2.29. The summed E-state index contributed by atoms with van der Waals surface area (Å²) in [5.74, 6) is 1.13. The smallest absolute Gasteiger partial charge is 0.315 e. The lowest BCUT2D eigenvalue weighted by molar-refractivity contribution is 0.200. The molecule has 0 saturated heterocycles. The number of urea groups is 1. The molecule has 3 unspecified atom stereocenters. The molecule has 1 aromatic carbocycles. The molecule has 4 heteroatoms. The number of aliphatic hydroxyl groups is 1. The Morgan fingerprint density at radius 2 is 2.10 bits per heavy atom. The zero-order chi connectivity index (χ0) is 15.3. The van der Waals surface area contributed by atoms with Gasteiger partial charge in [-0.2, -0.15) is 0 Å². The average Bonchev–Trinajstić information content (AvgIpc) is 3.26. The molecule has 0 radical (unpaired) electrons. The molecule has 4 nitrogen and oxygen atoms in total. The van der Waals surface area contributed by atoms with E-state index < -0.39 is 0 Å². The summed E-state index contributed by atoms with van der Waals surface area (Å²) in [4.78, 5) is 12.0. The highest BCUT2D eigenvalue weighted by Gasteiger charge is 2.38.